The molecule has 5 nitrogen and oxygen atoms in total. The standard InChI is InChI=1S/C16H21BrN2O3/c1-16(2,3)22-15(21)19-6-4-11(5-7-19)14-8-12(10-20)13(17)9-18-14/h8-11H,4-7H2,1-3H3. The highest BCUT2D eigenvalue weighted by molar-refractivity contribution is 9.10. The zero-order valence-electron chi connectivity index (χ0n) is 13.1. The van der Waals surface area contributed by atoms with Gasteiger partial charge in [0.1, 0.15) is 5.60 Å². The van der Waals surface area contributed by atoms with Crippen molar-refractivity contribution in [3.8, 4) is 0 Å². The van der Waals surface area contributed by atoms with Gasteiger partial charge in [-0.15, -0.1) is 0 Å². The molecule has 1 saturated heterocycles. The van der Waals surface area contributed by atoms with Gasteiger partial charge < -0.3 is 9.64 Å². The van der Waals surface area contributed by atoms with Crippen molar-refractivity contribution in [1.29, 1.82) is 0 Å². The second-order valence-corrected chi connectivity index (χ2v) is 7.34. The highest BCUT2D eigenvalue weighted by Gasteiger charge is 2.28. The molecule has 1 aliphatic rings. The zero-order chi connectivity index (χ0) is 16.3. The molecule has 0 aliphatic carbocycles. The number of carbonyl (C=O) groups excluding carboxylic acids is 2. The first kappa shape index (κ1) is 16.9. The number of amides is 1. The van der Waals surface area contributed by atoms with Crippen molar-refractivity contribution in [3.63, 3.8) is 0 Å². The second kappa shape index (κ2) is 6.77. The molecule has 22 heavy (non-hydrogen) atoms. The molecule has 1 aromatic rings. The Morgan fingerprint density at radius 1 is 1.41 bits per heavy atom. The average Bonchev–Trinajstić information content (AvgIpc) is 2.46. The van der Waals surface area contributed by atoms with Crippen molar-refractivity contribution < 1.29 is 14.3 Å². The van der Waals surface area contributed by atoms with Gasteiger partial charge in [0.05, 0.1) is 0 Å². The molecule has 1 fully saturated rings. The van der Waals surface area contributed by atoms with Gasteiger partial charge in [-0.3, -0.25) is 9.78 Å². The maximum Gasteiger partial charge on any atom is 0.410 e. The van der Waals surface area contributed by atoms with E-state index in [1.807, 2.05) is 26.8 Å². The first-order valence-electron chi connectivity index (χ1n) is 7.38. The molecule has 0 unspecified atom stereocenters. The van der Waals surface area contributed by atoms with Crippen molar-refractivity contribution in [1.82, 2.24) is 9.88 Å². The third-order valence-corrected chi connectivity index (χ3v) is 4.26. The predicted molar refractivity (Wildman–Crippen MR) is 87.1 cm³/mol. The molecule has 0 spiro atoms. The molecule has 0 aromatic carbocycles. The highest BCUT2D eigenvalue weighted by atomic mass is 79.9. The number of hydrogen-bond acceptors (Lipinski definition) is 4. The van der Waals surface area contributed by atoms with Crippen molar-refractivity contribution >= 4 is 28.3 Å². The van der Waals surface area contributed by atoms with Crippen LogP contribution < -0.4 is 0 Å². The third-order valence-electron chi connectivity index (χ3n) is 3.60. The van der Waals surface area contributed by atoms with Crippen LogP contribution in [-0.2, 0) is 4.74 Å². The maximum atomic E-state index is 12.0. The number of rotatable bonds is 2. The number of halogens is 1. The molecule has 0 atom stereocenters. The lowest BCUT2D eigenvalue weighted by molar-refractivity contribution is 0.0204. The van der Waals surface area contributed by atoms with Gasteiger partial charge in [-0.05, 0) is 55.6 Å². The minimum Gasteiger partial charge on any atom is -0.444 e. The van der Waals surface area contributed by atoms with Gasteiger partial charge in [0, 0.05) is 40.9 Å². The number of piperidine rings is 1. The van der Waals surface area contributed by atoms with E-state index in [4.69, 9.17) is 4.74 Å². The summed E-state index contributed by atoms with van der Waals surface area (Å²) in [7, 11) is 0. The second-order valence-electron chi connectivity index (χ2n) is 6.49. The fourth-order valence-corrected chi connectivity index (χ4v) is 2.78. The first-order chi connectivity index (χ1) is 10.3. The van der Waals surface area contributed by atoms with Crippen LogP contribution in [-0.4, -0.2) is 41.0 Å². The summed E-state index contributed by atoms with van der Waals surface area (Å²) < 4.78 is 6.10. The Balaban J connectivity index is 1.97. The molecular weight excluding hydrogens is 348 g/mol. The lowest BCUT2D eigenvalue weighted by atomic mass is 9.92. The number of pyridine rings is 1. The van der Waals surface area contributed by atoms with E-state index < -0.39 is 5.60 Å². The van der Waals surface area contributed by atoms with E-state index in [1.54, 1.807) is 11.1 Å². The Morgan fingerprint density at radius 2 is 2.05 bits per heavy atom. The van der Waals surface area contributed by atoms with Gasteiger partial charge in [0.15, 0.2) is 6.29 Å². The molecule has 120 valence electrons. The van der Waals surface area contributed by atoms with E-state index in [0.717, 1.165) is 24.8 Å². The minimum atomic E-state index is -0.472. The number of likely N-dealkylation sites (tertiary alicyclic amines) is 1. The van der Waals surface area contributed by atoms with Crippen molar-refractivity contribution in [2.45, 2.75) is 45.1 Å². The number of aromatic nitrogens is 1. The summed E-state index contributed by atoms with van der Waals surface area (Å²) in [6.45, 7) is 6.89. The smallest absolute Gasteiger partial charge is 0.410 e. The van der Waals surface area contributed by atoms with E-state index in [0.29, 0.717) is 23.1 Å². The van der Waals surface area contributed by atoms with Crippen LogP contribution in [0.4, 0.5) is 4.79 Å². The van der Waals surface area contributed by atoms with Crippen LogP contribution in [0.3, 0.4) is 0 Å². The van der Waals surface area contributed by atoms with Crippen LogP contribution in [0.5, 0.6) is 0 Å². The molecule has 0 radical (unpaired) electrons. The topological polar surface area (TPSA) is 59.5 Å². The summed E-state index contributed by atoms with van der Waals surface area (Å²) in [6.07, 6.45) is 3.88. The van der Waals surface area contributed by atoms with E-state index in [9.17, 15) is 9.59 Å². The minimum absolute atomic E-state index is 0.261. The van der Waals surface area contributed by atoms with Gasteiger partial charge in [0.25, 0.3) is 0 Å². The summed E-state index contributed by atoms with van der Waals surface area (Å²) >= 11 is 3.31. The molecular formula is C16H21BrN2O3. The molecule has 0 bridgehead atoms. The van der Waals surface area contributed by atoms with Crippen LogP contribution in [0.1, 0.15) is 55.6 Å². The summed E-state index contributed by atoms with van der Waals surface area (Å²) in [4.78, 5) is 29.2. The van der Waals surface area contributed by atoms with E-state index in [1.165, 1.54) is 0 Å². The van der Waals surface area contributed by atoms with Crippen LogP contribution >= 0.6 is 15.9 Å². The van der Waals surface area contributed by atoms with Gasteiger partial charge in [-0.2, -0.15) is 0 Å². The molecule has 1 amide bonds. The van der Waals surface area contributed by atoms with Crippen LogP contribution in [0, 0.1) is 0 Å². The lowest BCUT2D eigenvalue weighted by Crippen LogP contribution is -2.41. The molecule has 0 N–H and O–H groups in total. The Labute approximate surface area is 139 Å². The molecule has 1 aliphatic heterocycles. The Bertz CT molecular complexity index is 561. The summed E-state index contributed by atoms with van der Waals surface area (Å²) in [5.41, 5.74) is 1.05. The van der Waals surface area contributed by atoms with E-state index >= 15 is 0 Å². The van der Waals surface area contributed by atoms with Crippen LogP contribution in [0.15, 0.2) is 16.7 Å². The molecule has 6 heteroatoms. The van der Waals surface area contributed by atoms with Crippen molar-refractivity contribution in [2.75, 3.05) is 13.1 Å². The van der Waals surface area contributed by atoms with Gasteiger partial charge in [0.2, 0.25) is 0 Å². The van der Waals surface area contributed by atoms with Crippen molar-refractivity contribution in [3.05, 3.63) is 28.0 Å². The fraction of sp³-hybridized carbons (Fsp3) is 0.562. The molecule has 2 heterocycles. The van der Waals surface area contributed by atoms with Gasteiger partial charge in [-0.1, -0.05) is 0 Å². The maximum absolute atomic E-state index is 12.0. The number of aldehydes is 1. The van der Waals surface area contributed by atoms with Crippen LogP contribution in [0.2, 0.25) is 0 Å². The lowest BCUT2D eigenvalue weighted by Gasteiger charge is -2.33. The Kier molecular flexibility index (Phi) is 5.21. The third kappa shape index (κ3) is 4.29. The largest absolute Gasteiger partial charge is 0.444 e. The van der Waals surface area contributed by atoms with Crippen LogP contribution in [0.25, 0.3) is 0 Å². The highest BCUT2D eigenvalue weighted by Crippen LogP contribution is 2.29. The number of ether oxygens (including phenoxy) is 1. The fourth-order valence-electron chi connectivity index (χ4n) is 2.47. The molecule has 2 rings (SSSR count). The van der Waals surface area contributed by atoms with E-state index in [-0.39, 0.29) is 12.0 Å². The summed E-state index contributed by atoms with van der Waals surface area (Å²) in [5.74, 6) is 0.269. The molecule has 1 aromatic heterocycles. The number of carbonyl (C=O) groups is 2. The van der Waals surface area contributed by atoms with Gasteiger partial charge in [-0.25, -0.2) is 4.79 Å². The Hall–Kier alpha value is -1.43. The predicted octanol–water partition coefficient (Wildman–Crippen LogP) is 3.77. The van der Waals surface area contributed by atoms with E-state index in [2.05, 4.69) is 20.9 Å². The summed E-state index contributed by atoms with van der Waals surface area (Å²) in [6, 6.07) is 1.82. The monoisotopic (exact) mass is 368 g/mol. The Morgan fingerprint density at radius 3 is 2.59 bits per heavy atom. The average molecular weight is 369 g/mol. The first-order valence-corrected chi connectivity index (χ1v) is 8.18. The SMILES string of the molecule is CC(C)(C)OC(=O)N1CCC(c2cc(C=O)c(Br)cn2)CC1. The number of nitrogens with zero attached hydrogens (tertiary/aromatic N) is 2. The summed E-state index contributed by atoms with van der Waals surface area (Å²) in [5, 5.41) is 0. The number of hydrogen-bond donors (Lipinski definition) is 0. The zero-order valence-corrected chi connectivity index (χ0v) is 14.7. The van der Waals surface area contributed by atoms with Crippen molar-refractivity contribution in [2.24, 2.45) is 0 Å². The molecule has 0 saturated carbocycles. The normalized spacial score (nSPS) is 16.5. The van der Waals surface area contributed by atoms with Gasteiger partial charge >= 0.3 is 6.09 Å². The quantitative estimate of drug-likeness (QED) is 0.745.